The number of rotatable bonds is 6. The lowest BCUT2D eigenvalue weighted by Gasteiger charge is -2.24. The number of fused-ring (bicyclic) bond motifs is 1. The van der Waals surface area contributed by atoms with Gasteiger partial charge in [-0.3, -0.25) is 4.31 Å². The summed E-state index contributed by atoms with van der Waals surface area (Å²) in [6.07, 6.45) is 0.619. The van der Waals surface area contributed by atoms with Crippen molar-refractivity contribution in [3.63, 3.8) is 0 Å². The van der Waals surface area contributed by atoms with Crippen LogP contribution in [0.15, 0.2) is 70.0 Å². The van der Waals surface area contributed by atoms with Crippen LogP contribution in [0.5, 0.6) is 0 Å². The minimum Gasteiger partial charge on any atom is -0.463 e. The Morgan fingerprint density at radius 3 is 2.62 bits per heavy atom. The van der Waals surface area contributed by atoms with Gasteiger partial charge in [-0.05, 0) is 55.3 Å². The van der Waals surface area contributed by atoms with Crippen molar-refractivity contribution in [3.05, 3.63) is 83.3 Å². The zero-order valence-corrected chi connectivity index (χ0v) is 18.3. The molecule has 2 aromatic carbocycles. The summed E-state index contributed by atoms with van der Waals surface area (Å²) in [5.41, 5.74) is 1.70. The molecule has 0 spiro atoms. The highest BCUT2D eigenvalue weighted by Crippen LogP contribution is 2.36. The standard InChI is InChI=1S/C23H21NO7S/c1-15-12-16-6-3-4-9-20(16)24(15)32(27,28)19-8-5-7-17(13-19)22(25)30-14-18-10-11-21(31-18)23(26)29-2/h3-11,13,15H,12,14H2,1-2H3/t15-/m1/s1. The lowest BCUT2D eigenvalue weighted by atomic mass is 10.1. The molecular weight excluding hydrogens is 434 g/mol. The zero-order chi connectivity index (χ0) is 22.9. The van der Waals surface area contributed by atoms with Crippen LogP contribution in [0.25, 0.3) is 0 Å². The van der Waals surface area contributed by atoms with Crippen LogP contribution in [0, 0.1) is 0 Å². The van der Waals surface area contributed by atoms with E-state index >= 15 is 0 Å². The molecule has 0 fully saturated rings. The van der Waals surface area contributed by atoms with Crippen LogP contribution in [-0.2, 0) is 32.5 Å². The van der Waals surface area contributed by atoms with Gasteiger partial charge in [-0.15, -0.1) is 0 Å². The topological polar surface area (TPSA) is 103 Å². The van der Waals surface area contributed by atoms with Gasteiger partial charge in [-0.25, -0.2) is 18.0 Å². The molecule has 0 amide bonds. The molecule has 3 aromatic rings. The Hall–Kier alpha value is -3.59. The molecule has 1 aliphatic heterocycles. The molecule has 0 bridgehead atoms. The van der Waals surface area contributed by atoms with Crippen molar-refractivity contribution in [3.8, 4) is 0 Å². The summed E-state index contributed by atoms with van der Waals surface area (Å²) in [4.78, 5) is 24.0. The van der Waals surface area contributed by atoms with Crippen molar-refractivity contribution in [2.75, 3.05) is 11.4 Å². The number of methoxy groups -OCH3 is 1. The minimum atomic E-state index is -3.88. The number of hydrogen-bond acceptors (Lipinski definition) is 7. The van der Waals surface area contributed by atoms with Crippen molar-refractivity contribution in [2.24, 2.45) is 0 Å². The van der Waals surface area contributed by atoms with Crippen molar-refractivity contribution < 1.29 is 31.9 Å². The second-order valence-corrected chi connectivity index (χ2v) is 9.16. The predicted octanol–water partition coefficient (Wildman–Crippen LogP) is 3.56. The summed E-state index contributed by atoms with van der Waals surface area (Å²) < 4.78 is 43.2. The zero-order valence-electron chi connectivity index (χ0n) is 17.5. The average Bonchev–Trinajstić information content (AvgIpc) is 3.40. The Kier molecular flexibility index (Phi) is 5.75. The molecule has 32 heavy (non-hydrogen) atoms. The lowest BCUT2D eigenvalue weighted by molar-refractivity contribution is 0.0438. The molecule has 1 aliphatic rings. The summed E-state index contributed by atoms with van der Waals surface area (Å²) in [5, 5.41) is 0. The molecular formula is C23H21NO7S. The molecule has 0 N–H and O–H groups in total. The van der Waals surface area contributed by atoms with E-state index in [1.165, 1.54) is 47.8 Å². The van der Waals surface area contributed by atoms with E-state index in [0.29, 0.717) is 12.1 Å². The maximum Gasteiger partial charge on any atom is 0.373 e. The number of esters is 2. The molecule has 1 aromatic heterocycles. The van der Waals surface area contributed by atoms with E-state index in [-0.39, 0.29) is 34.6 Å². The summed E-state index contributed by atoms with van der Waals surface area (Å²) in [7, 11) is -2.65. The predicted molar refractivity (Wildman–Crippen MR) is 115 cm³/mol. The second kappa shape index (κ2) is 8.51. The van der Waals surface area contributed by atoms with Crippen molar-refractivity contribution in [1.82, 2.24) is 0 Å². The number of carbonyl (C=O) groups is 2. The largest absolute Gasteiger partial charge is 0.463 e. The van der Waals surface area contributed by atoms with Crippen LogP contribution in [0.3, 0.4) is 0 Å². The van der Waals surface area contributed by atoms with Crippen LogP contribution in [0.2, 0.25) is 0 Å². The second-order valence-electron chi connectivity index (χ2n) is 7.34. The summed E-state index contributed by atoms with van der Waals surface area (Å²) in [6, 6.07) is 15.8. The Morgan fingerprint density at radius 2 is 1.84 bits per heavy atom. The first kappa shape index (κ1) is 21.6. The first-order valence-corrected chi connectivity index (χ1v) is 11.3. The van der Waals surface area contributed by atoms with E-state index in [0.717, 1.165) is 5.56 Å². The molecule has 1 atom stereocenters. The normalized spacial score (nSPS) is 15.3. The van der Waals surface area contributed by atoms with Crippen LogP contribution >= 0.6 is 0 Å². The Balaban J connectivity index is 1.52. The summed E-state index contributed by atoms with van der Waals surface area (Å²) >= 11 is 0. The molecule has 0 saturated heterocycles. The van der Waals surface area contributed by atoms with Gasteiger partial charge < -0.3 is 13.9 Å². The van der Waals surface area contributed by atoms with Gasteiger partial charge in [0.25, 0.3) is 10.0 Å². The molecule has 9 heteroatoms. The number of benzene rings is 2. The molecule has 2 heterocycles. The SMILES string of the molecule is COC(=O)c1ccc(COC(=O)c2cccc(S(=O)(=O)N3c4ccccc4C[C@H]3C)c2)o1. The first-order valence-electron chi connectivity index (χ1n) is 9.88. The van der Waals surface area contributed by atoms with Crippen molar-refractivity contribution in [1.29, 1.82) is 0 Å². The number of hydrogen-bond donors (Lipinski definition) is 0. The summed E-state index contributed by atoms with van der Waals surface area (Å²) in [6.45, 7) is 1.63. The third kappa shape index (κ3) is 3.99. The highest BCUT2D eigenvalue weighted by atomic mass is 32.2. The third-order valence-corrected chi connectivity index (χ3v) is 7.09. The highest BCUT2D eigenvalue weighted by molar-refractivity contribution is 7.92. The highest BCUT2D eigenvalue weighted by Gasteiger charge is 2.36. The van der Waals surface area contributed by atoms with E-state index in [4.69, 9.17) is 9.15 Å². The Bertz CT molecular complexity index is 1280. The van der Waals surface area contributed by atoms with Crippen LogP contribution in [-0.4, -0.2) is 33.5 Å². The van der Waals surface area contributed by atoms with Gasteiger partial charge in [0.2, 0.25) is 5.76 Å². The van der Waals surface area contributed by atoms with E-state index in [2.05, 4.69) is 4.74 Å². The fraction of sp³-hybridized carbons (Fsp3) is 0.217. The van der Waals surface area contributed by atoms with Gasteiger partial charge in [0.1, 0.15) is 12.4 Å². The maximum absolute atomic E-state index is 13.4. The van der Waals surface area contributed by atoms with Crippen LogP contribution in [0.1, 0.15) is 39.2 Å². The number of furan rings is 1. The van der Waals surface area contributed by atoms with Gasteiger partial charge in [0.15, 0.2) is 0 Å². The molecule has 0 unspecified atom stereocenters. The van der Waals surface area contributed by atoms with E-state index < -0.39 is 22.0 Å². The van der Waals surface area contributed by atoms with Crippen molar-refractivity contribution >= 4 is 27.6 Å². The molecule has 166 valence electrons. The Morgan fingerprint density at radius 1 is 1.06 bits per heavy atom. The van der Waals surface area contributed by atoms with Gasteiger partial charge in [0, 0.05) is 6.04 Å². The average molecular weight is 455 g/mol. The van der Waals surface area contributed by atoms with Gasteiger partial charge >= 0.3 is 11.9 Å². The number of ether oxygens (including phenoxy) is 2. The van der Waals surface area contributed by atoms with Crippen LogP contribution in [0.4, 0.5) is 5.69 Å². The molecule has 0 saturated carbocycles. The summed E-state index contributed by atoms with van der Waals surface area (Å²) in [5.74, 6) is -1.11. The molecule has 8 nitrogen and oxygen atoms in total. The van der Waals surface area contributed by atoms with Gasteiger partial charge in [-0.1, -0.05) is 24.3 Å². The smallest absolute Gasteiger partial charge is 0.373 e. The third-order valence-electron chi connectivity index (χ3n) is 5.17. The van der Waals surface area contributed by atoms with E-state index in [1.807, 2.05) is 19.1 Å². The molecule has 4 rings (SSSR count). The maximum atomic E-state index is 13.4. The van der Waals surface area contributed by atoms with Gasteiger partial charge in [-0.2, -0.15) is 0 Å². The first-order chi connectivity index (χ1) is 15.3. The van der Waals surface area contributed by atoms with Gasteiger partial charge in [0.05, 0.1) is 23.3 Å². The fourth-order valence-electron chi connectivity index (χ4n) is 3.69. The fourth-order valence-corrected chi connectivity index (χ4v) is 5.43. The molecule has 0 radical (unpaired) electrons. The number of para-hydroxylation sites is 1. The number of nitrogens with zero attached hydrogens (tertiary/aromatic N) is 1. The Labute approximate surface area is 185 Å². The minimum absolute atomic E-state index is 0.00137. The molecule has 0 aliphatic carbocycles. The number of sulfonamides is 1. The van der Waals surface area contributed by atoms with Crippen LogP contribution < -0.4 is 4.31 Å². The lowest BCUT2D eigenvalue weighted by Crippen LogP contribution is -2.35. The number of carbonyl (C=O) groups excluding carboxylic acids is 2. The van der Waals surface area contributed by atoms with E-state index in [1.54, 1.807) is 12.1 Å². The van der Waals surface area contributed by atoms with E-state index in [9.17, 15) is 18.0 Å². The quantitative estimate of drug-likeness (QED) is 0.524. The monoisotopic (exact) mass is 455 g/mol. The number of anilines is 1. The van der Waals surface area contributed by atoms with Crippen molar-refractivity contribution in [2.45, 2.75) is 30.9 Å².